The van der Waals surface area contributed by atoms with Gasteiger partial charge in [-0.05, 0) is 56.6 Å². The molecule has 1 heteroatoms. The molecular weight excluding hydrogens is 302 g/mol. The number of allylic oxidation sites excluding steroid dienone is 6. The first-order valence-corrected chi connectivity index (χ1v) is 9.75. The summed E-state index contributed by atoms with van der Waals surface area (Å²) in [7, 11) is 0. The molecule has 0 amide bonds. The van der Waals surface area contributed by atoms with E-state index in [0.717, 1.165) is 0 Å². The smallest absolute Gasteiger partial charge is 0.0291 e. The molecule has 1 N–H and O–H groups in total. The van der Waals surface area contributed by atoms with Gasteiger partial charge in [0, 0.05) is 12.1 Å². The Morgan fingerprint density at radius 3 is 1.96 bits per heavy atom. The van der Waals surface area contributed by atoms with Crippen LogP contribution in [0.5, 0.6) is 0 Å². The normalized spacial score (nSPS) is 18.1. The maximum atomic E-state index is 3.95. The summed E-state index contributed by atoms with van der Waals surface area (Å²) < 4.78 is 0. The van der Waals surface area contributed by atoms with Crippen molar-refractivity contribution in [1.29, 1.82) is 0 Å². The molecule has 0 spiro atoms. The van der Waals surface area contributed by atoms with Crippen molar-refractivity contribution in [2.24, 2.45) is 17.8 Å². The van der Waals surface area contributed by atoms with Crippen molar-refractivity contribution in [3.63, 3.8) is 0 Å². The van der Waals surface area contributed by atoms with E-state index in [9.17, 15) is 0 Å². The monoisotopic (exact) mass is 343 g/mol. The Balaban J connectivity index is 4.92. The van der Waals surface area contributed by atoms with E-state index in [1.54, 1.807) is 0 Å². The Hall–Kier alpha value is -1.34. The fourth-order valence-corrected chi connectivity index (χ4v) is 2.50. The predicted molar refractivity (Wildman–Crippen MR) is 116 cm³/mol. The van der Waals surface area contributed by atoms with Gasteiger partial charge in [-0.3, -0.25) is 0 Å². The minimum atomic E-state index is 0.317. The van der Waals surface area contributed by atoms with Crippen LogP contribution in [-0.2, 0) is 0 Å². The number of hydrogen-bond donors (Lipinski definition) is 1. The highest BCUT2D eigenvalue weighted by Crippen LogP contribution is 2.17. The summed E-state index contributed by atoms with van der Waals surface area (Å²) in [5, 5.41) is 3.74. The molecule has 0 saturated carbocycles. The summed E-state index contributed by atoms with van der Waals surface area (Å²) >= 11 is 0. The van der Waals surface area contributed by atoms with Gasteiger partial charge in [0.25, 0.3) is 0 Å². The topological polar surface area (TPSA) is 12.0 Å². The van der Waals surface area contributed by atoms with Crippen molar-refractivity contribution >= 4 is 0 Å². The minimum absolute atomic E-state index is 0.317. The minimum Gasteiger partial charge on any atom is -0.307 e. The standard InChI is InChI=1S/C24H41N/c1-11-23(18(5)6)16-24(12-2)22(10)25-21(9)20(8)15-13-14-19(7)17(3)4/h11-18,20-22,25H,1H2,2-10H3/b15-13-,19-14+,23-16+,24-12+. The second-order valence-electron chi connectivity index (χ2n) is 7.78. The van der Waals surface area contributed by atoms with E-state index in [1.807, 2.05) is 6.08 Å². The number of nitrogens with one attached hydrogen (secondary N) is 1. The molecule has 1 nitrogen and oxygen atoms in total. The summed E-state index contributed by atoms with van der Waals surface area (Å²) in [4.78, 5) is 0. The maximum Gasteiger partial charge on any atom is 0.0291 e. The third-order valence-electron chi connectivity index (χ3n) is 5.06. The van der Waals surface area contributed by atoms with Gasteiger partial charge in [0.1, 0.15) is 0 Å². The highest BCUT2D eigenvalue weighted by atomic mass is 14.9. The molecule has 0 fully saturated rings. The quantitative estimate of drug-likeness (QED) is 0.427. The molecule has 0 aromatic rings. The molecule has 0 heterocycles. The molecule has 0 aromatic carbocycles. The lowest BCUT2D eigenvalue weighted by Crippen LogP contribution is -2.39. The fourth-order valence-electron chi connectivity index (χ4n) is 2.50. The molecule has 0 bridgehead atoms. The van der Waals surface area contributed by atoms with E-state index < -0.39 is 0 Å². The molecular formula is C24H41N. The van der Waals surface area contributed by atoms with Crippen molar-refractivity contribution in [2.75, 3.05) is 0 Å². The van der Waals surface area contributed by atoms with Crippen LogP contribution >= 0.6 is 0 Å². The Kier molecular flexibility index (Phi) is 11.4. The van der Waals surface area contributed by atoms with Crippen LogP contribution in [0, 0.1) is 17.8 Å². The van der Waals surface area contributed by atoms with Crippen molar-refractivity contribution < 1.29 is 0 Å². The van der Waals surface area contributed by atoms with Gasteiger partial charge in [-0.15, -0.1) is 0 Å². The van der Waals surface area contributed by atoms with Crippen molar-refractivity contribution in [3.05, 3.63) is 59.8 Å². The largest absolute Gasteiger partial charge is 0.307 e. The van der Waals surface area contributed by atoms with Crippen LogP contribution in [0.15, 0.2) is 59.8 Å². The molecule has 0 saturated heterocycles. The summed E-state index contributed by atoms with van der Waals surface area (Å²) in [5.41, 5.74) is 4.03. The average molecular weight is 344 g/mol. The Labute approximate surface area is 157 Å². The number of hydrogen-bond acceptors (Lipinski definition) is 1. The zero-order valence-electron chi connectivity index (χ0n) is 18.1. The first-order valence-electron chi connectivity index (χ1n) is 9.75. The van der Waals surface area contributed by atoms with Gasteiger partial charge in [-0.1, -0.05) is 83.2 Å². The molecule has 0 aromatic heterocycles. The van der Waals surface area contributed by atoms with E-state index in [-0.39, 0.29) is 0 Å². The highest BCUT2D eigenvalue weighted by molar-refractivity contribution is 5.33. The highest BCUT2D eigenvalue weighted by Gasteiger charge is 2.14. The van der Waals surface area contributed by atoms with Crippen LogP contribution in [0.3, 0.4) is 0 Å². The third kappa shape index (κ3) is 9.07. The van der Waals surface area contributed by atoms with Crippen LogP contribution in [0.1, 0.15) is 62.3 Å². The SMILES string of the molecule is C=C/C(=C\C(=C/C)C(C)NC(C)C(C)/C=C\C=C(/C)C(C)C)C(C)C. The molecule has 0 aliphatic rings. The van der Waals surface area contributed by atoms with Gasteiger partial charge in [0.15, 0.2) is 0 Å². The Morgan fingerprint density at radius 2 is 1.52 bits per heavy atom. The second kappa shape index (κ2) is 12.1. The van der Waals surface area contributed by atoms with Gasteiger partial charge in [0.05, 0.1) is 0 Å². The number of rotatable bonds is 10. The third-order valence-corrected chi connectivity index (χ3v) is 5.06. The van der Waals surface area contributed by atoms with Gasteiger partial charge in [-0.25, -0.2) is 0 Å². The maximum absolute atomic E-state index is 3.95. The zero-order valence-corrected chi connectivity index (χ0v) is 18.1. The first kappa shape index (κ1) is 23.7. The fraction of sp³-hybridized carbons (Fsp3) is 0.583. The van der Waals surface area contributed by atoms with Crippen molar-refractivity contribution in [3.8, 4) is 0 Å². The summed E-state index contributed by atoms with van der Waals surface area (Å²) in [6.45, 7) is 23.9. The van der Waals surface area contributed by atoms with Crippen LogP contribution in [-0.4, -0.2) is 12.1 Å². The predicted octanol–water partition coefficient (Wildman–Crippen LogP) is 6.86. The van der Waals surface area contributed by atoms with Crippen molar-refractivity contribution in [1.82, 2.24) is 5.32 Å². The molecule has 0 rings (SSSR count). The zero-order chi connectivity index (χ0) is 19.6. The van der Waals surface area contributed by atoms with Crippen LogP contribution in [0.2, 0.25) is 0 Å². The van der Waals surface area contributed by atoms with Crippen molar-refractivity contribution in [2.45, 2.75) is 74.4 Å². The lowest BCUT2D eigenvalue weighted by atomic mass is 9.96. The van der Waals surface area contributed by atoms with Gasteiger partial charge >= 0.3 is 0 Å². The lowest BCUT2D eigenvalue weighted by Gasteiger charge is -2.25. The van der Waals surface area contributed by atoms with Gasteiger partial charge in [-0.2, -0.15) is 0 Å². The molecule has 3 unspecified atom stereocenters. The second-order valence-corrected chi connectivity index (χ2v) is 7.78. The van der Waals surface area contributed by atoms with Crippen LogP contribution < -0.4 is 5.32 Å². The molecule has 142 valence electrons. The molecule has 25 heavy (non-hydrogen) atoms. The Bertz CT molecular complexity index is 514. The summed E-state index contributed by atoms with van der Waals surface area (Å²) in [5.74, 6) is 1.58. The molecule has 0 radical (unpaired) electrons. The molecule has 0 aliphatic heterocycles. The summed E-state index contributed by atoms with van der Waals surface area (Å²) in [6.07, 6.45) is 13.2. The Morgan fingerprint density at radius 1 is 0.920 bits per heavy atom. The van der Waals surface area contributed by atoms with E-state index in [1.165, 1.54) is 16.7 Å². The molecule has 0 aliphatic carbocycles. The van der Waals surface area contributed by atoms with Crippen LogP contribution in [0.25, 0.3) is 0 Å². The summed E-state index contributed by atoms with van der Waals surface area (Å²) in [6, 6.07) is 0.728. The van der Waals surface area contributed by atoms with Gasteiger partial charge < -0.3 is 5.32 Å². The van der Waals surface area contributed by atoms with E-state index in [0.29, 0.717) is 29.8 Å². The van der Waals surface area contributed by atoms with E-state index >= 15 is 0 Å². The van der Waals surface area contributed by atoms with E-state index in [4.69, 9.17) is 0 Å². The molecule has 3 atom stereocenters. The lowest BCUT2D eigenvalue weighted by molar-refractivity contribution is 0.433. The average Bonchev–Trinajstić information content (AvgIpc) is 2.54. The van der Waals surface area contributed by atoms with E-state index in [2.05, 4.69) is 105 Å². The first-order chi connectivity index (χ1) is 11.6. The van der Waals surface area contributed by atoms with Crippen LogP contribution in [0.4, 0.5) is 0 Å². The van der Waals surface area contributed by atoms with Gasteiger partial charge in [0.2, 0.25) is 0 Å².